The van der Waals surface area contributed by atoms with Gasteiger partial charge in [-0.15, -0.1) is 11.3 Å². The van der Waals surface area contributed by atoms with Crippen LogP contribution in [0.5, 0.6) is 0 Å². The van der Waals surface area contributed by atoms with E-state index < -0.39 is 0 Å². The number of benzene rings is 1. The molecule has 21 heavy (non-hydrogen) atoms. The normalized spacial score (nSPS) is 13.5. The van der Waals surface area contributed by atoms with Crippen LogP contribution in [-0.2, 0) is 0 Å². The van der Waals surface area contributed by atoms with Crippen molar-refractivity contribution < 1.29 is 0 Å². The number of hydrogen-bond acceptors (Lipinski definition) is 3. The SMILES string of the molecule is CC(C)(C)C(c1cccnc1)c1nc2ccc(Br)cc2s1. The summed E-state index contributed by atoms with van der Waals surface area (Å²) in [6.07, 6.45) is 3.77. The van der Waals surface area contributed by atoms with E-state index in [4.69, 9.17) is 4.98 Å². The van der Waals surface area contributed by atoms with Crippen LogP contribution in [0.3, 0.4) is 0 Å². The Bertz CT molecular complexity index is 759. The van der Waals surface area contributed by atoms with Crippen LogP contribution in [-0.4, -0.2) is 9.97 Å². The lowest BCUT2D eigenvalue weighted by molar-refractivity contribution is 0.357. The highest BCUT2D eigenvalue weighted by Crippen LogP contribution is 2.43. The van der Waals surface area contributed by atoms with E-state index in [0.29, 0.717) is 0 Å². The summed E-state index contributed by atoms with van der Waals surface area (Å²) in [5.41, 5.74) is 2.38. The van der Waals surface area contributed by atoms with Crippen molar-refractivity contribution in [1.82, 2.24) is 9.97 Å². The summed E-state index contributed by atoms with van der Waals surface area (Å²) in [5.74, 6) is 0.252. The van der Waals surface area contributed by atoms with Gasteiger partial charge in [0.15, 0.2) is 0 Å². The molecule has 0 bridgehead atoms. The molecule has 1 atom stereocenters. The van der Waals surface area contributed by atoms with Gasteiger partial charge in [-0.3, -0.25) is 4.98 Å². The summed E-state index contributed by atoms with van der Waals surface area (Å²) in [6, 6.07) is 10.4. The summed E-state index contributed by atoms with van der Waals surface area (Å²) in [6.45, 7) is 6.77. The van der Waals surface area contributed by atoms with Crippen LogP contribution in [0.1, 0.15) is 37.3 Å². The molecule has 0 N–H and O–H groups in total. The highest BCUT2D eigenvalue weighted by molar-refractivity contribution is 9.10. The van der Waals surface area contributed by atoms with Gasteiger partial charge in [0, 0.05) is 22.8 Å². The Morgan fingerprint density at radius 3 is 2.67 bits per heavy atom. The van der Waals surface area contributed by atoms with Gasteiger partial charge < -0.3 is 0 Å². The van der Waals surface area contributed by atoms with E-state index in [0.717, 1.165) is 15.0 Å². The maximum absolute atomic E-state index is 4.87. The number of nitrogens with zero attached hydrogens (tertiary/aromatic N) is 2. The zero-order chi connectivity index (χ0) is 15.0. The summed E-state index contributed by atoms with van der Waals surface area (Å²) < 4.78 is 2.32. The van der Waals surface area contributed by atoms with Crippen molar-refractivity contribution >= 4 is 37.5 Å². The first-order chi connectivity index (χ1) is 9.95. The van der Waals surface area contributed by atoms with Crippen LogP contribution in [0.25, 0.3) is 10.2 Å². The average molecular weight is 361 g/mol. The summed E-state index contributed by atoms with van der Waals surface area (Å²) in [5, 5.41) is 1.16. The first-order valence-electron chi connectivity index (χ1n) is 6.91. The lowest BCUT2D eigenvalue weighted by Crippen LogP contribution is -2.19. The third-order valence-electron chi connectivity index (χ3n) is 3.50. The lowest BCUT2D eigenvalue weighted by Gasteiger charge is -2.29. The molecular formula is C17H17BrN2S. The van der Waals surface area contributed by atoms with Crippen LogP contribution >= 0.6 is 27.3 Å². The predicted molar refractivity (Wildman–Crippen MR) is 92.9 cm³/mol. The zero-order valence-electron chi connectivity index (χ0n) is 12.3. The highest BCUT2D eigenvalue weighted by Gasteiger charge is 2.30. The molecule has 0 fully saturated rings. The molecule has 0 aliphatic carbocycles. The molecule has 2 nitrogen and oxygen atoms in total. The van der Waals surface area contributed by atoms with Crippen molar-refractivity contribution in [3.8, 4) is 0 Å². The zero-order valence-corrected chi connectivity index (χ0v) is 14.7. The second-order valence-corrected chi connectivity index (χ2v) is 8.23. The summed E-state index contributed by atoms with van der Waals surface area (Å²) in [7, 11) is 0. The van der Waals surface area contributed by atoms with Gasteiger partial charge in [-0.25, -0.2) is 4.98 Å². The number of aromatic nitrogens is 2. The molecule has 4 heteroatoms. The van der Waals surface area contributed by atoms with Crippen molar-refractivity contribution in [1.29, 1.82) is 0 Å². The minimum Gasteiger partial charge on any atom is -0.264 e. The van der Waals surface area contributed by atoms with Crippen LogP contribution in [0.4, 0.5) is 0 Å². The van der Waals surface area contributed by atoms with Crippen molar-refractivity contribution in [2.24, 2.45) is 5.41 Å². The number of pyridine rings is 1. The standard InChI is InChI=1S/C17H17BrN2S/c1-17(2,3)15(11-5-4-8-19-10-11)16-20-13-7-6-12(18)9-14(13)21-16/h4-10,15H,1-3H3. The number of fused-ring (bicyclic) bond motifs is 1. The van der Waals surface area contributed by atoms with Crippen molar-refractivity contribution in [2.45, 2.75) is 26.7 Å². The molecule has 3 rings (SSSR count). The fourth-order valence-corrected chi connectivity index (χ4v) is 4.49. The fraction of sp³-hybridized carbons (Fsp3) is 0.294. The minimum absolute atomic E-state index is 0.0914. The molecule has 0 saturated carbocycles. The van der Waals surface area contributed by atoms with Crippen LogP contribution in [0, 0.1) is 5.41 Å². The van der Waals surface area contributed by atoms with Crippen molar-refractivity contribution in [3.05, 3.63) is 57.8 Å². The molecular weight excluding hydrogens is 344 g/mol. The van der Waals surface area contributed by atoms with E-state index in [9.17, 15) is 0 Å². The molecule has 1 aromatic carbocycles. The Hall–Kier alpha value is -1.26. The fourth-order valence-electron chi connectivity index (χ4n) is 2.60. The van der Waals surface area contributed by atoms with Gasteiger partial charge in [0.05, 0.1) is 10.2 Å². The maximum atomic E-state index is 4.87. The van der Waals surface area contributed by atoms with Gasteiger partial charge in [0.1, 0.15) is 5.01 Å². The van der Waals surface area contributed by atoms with Crippen LogP contribution in [0.15, 0.2) is 47.2 Å². The van der Waals surface area contributed by atoms with Gasteiger partial charge in [0.25, 0.3) is 0 Å². The smallest absolute Gasteiger partial charge is 0.102 e. The predicted octanol–water partition coefficient (Wildman–Crippen LogP) is 5.63. The Balaban J connectivity index is 2.15. The second-order valence-electron chi connectivity index (χ2n) is 6.25. The largest absolute Gasteiger partial charge is 0.264 e. The van der Waals surface area contributed by atoms with Gasteiger partial charge >= 0.3 is 0 Å². The molecule has 0 spiro atoms. The molecule has 0 amide bonds. The topological polar surface area (TPSA) is 25.8 Å². The summed E-state index contributed by atoms with van der Waals surface area (Å²) in [4.78, 5) is 9.15. The van der Waals surface area contributed by atoms with Gasteiger partial charge in [-0.05, 0) is 35.2 Å². The minimum atomic E-state index is 0.0914. The number of thiazole rings is 1. The molecule has 2 heterocycles. The Kier molecular flexibility index (Phi) is 3.84. The third kappa shape index (κ3) is 3.01. The van der Waals surface area contributed by atoms with E-state index in [-0.39, 0.29) is 11.3 Å². The Morgan fingerprint density at radius 2 is 2.00 bits per heavy atom. The first-order valence-corrected chi connectivity index (χ1v) is 8.52. The monoisotopic (exact) mass is 360 g/mol. The highest BCUT2D eigenvalue weighted by atomic mass is 79.9. The van der Waals surface area contributed by atoms with Crippen LogP contribution < -0.4 is 0 Å². The maximum Gasteiger partial charge on any atom is 0.102 e. The van der Waals surface area contributed by atoms with E-state index in [1.165, 1.54) is 10.3 Å². The molecule has 0 radical (unpaired) electrons. The summed E-state index contributed by atoms with van der Waals surface area (Å²) >= 11 is 5.30. The van der Waals surface area contributed by atoms with Crippen molar-refractivity contribution in [3.63, 3.8) is 0 Å². The van der Waals surface area contributed by atoms with Gasteiger partial charge in [0.2, 0.25) is 0 Å². The number of rotatable bonds is 2. The molecule has 0 saturated heterocycles. The van der Waals surface area contributed by atoms with Gasteiger partial charge in [-0.2, -0.15) is 0 Å². The second kappa shape index (κ2) is 5.50. The molecule has 108 valence electrons. The van der Waals surface area contributed by atoms with E-state index >= 15 is 0 Å². The van der Waals surface area contributed by atoms with E-state index in [2.05, 4.69) is 59.9 Å². The Labute approximate surface area is 137 Å². The van der Waals surface area contributed by atoms with E-state index in [1.54, 1.807) is 11.3 Å². The Morgan fingerprint density at radius 1 is 1.19 bits per heavy atom. The quantitative estimate of drug-likeness (QED) is 0.591. The van der Waals surface area contributed by atoms with E-state index in [1.807, 2.05) is 24.5 Å². The lowest BCUT2D eigenvalue weighted by atomic mass is 9.77. The molecule has 2 aromatic heterocycles. The number of hydrogen-bond donors (Lipinski definition) is 0. The molecule has 0 aliphatic rings. The van der Waals surface area contributed by atoms with Crippen molar-refractivity contribution in [2.75, 3.05) is 0 Å². The average Bonchev–Trinajstić information content (AvgIpc) is 2.80. The first kappa shape index (κ1) is 14.7. The molecule has 3 aromatic rings. The molecule has 1 unspecified atom stereocenters. The van der Waals surface area contributed by atoms with Gasteiger partial charge in [-0.1, -0.05) is 42.8 Å². The number of halogens is 1. The van der Waals surface area contributed by atoms with Crippen LogP contribution in [0.2, 0.25) is 0 Å². The molecule has 0 aliphatic heterocycles. The third-order valence-corrected chi connectivity index (χ3v) is 5.07.